The van der Waals surface area contributed by atoms with Gasteiger partial charge in [-0.25, -0.2) is 0 Å². The van der Waals surface area contributed by atoms with Gasteiger partial charge in [-0.05, 0) is 19.9 Å². The van der Waals surface area contributed by atoms with Gasteiger partial charge in [-0.3, -0.25) is 9.89 Å². The molecule has 0 saturated carbocycles. The van der Waals surface area contributed by atoms with Crippen molar-refractivity contribution in [2.45, 2.75) is 20.4 Å². The second-order valence-electron chi connectivity index (χ2n) is 4.46. The maximum Gasteiger partial charge on any atom is 0.262 e. The Balaban J connectivity index is 1.96. The number of nitrogens with zero attached hydrogens (tertiary/aromatic N) is 1. The average Bonchev–Trinajstić information content (AvgIpc) is 2.77. The molecule has 0 aliphatic carbocycles. The third-order valence-corrected chi connectivity index (χ3v) is 2.94. The molecular formula is C14H18N4O2. The Morgan fingerprint density at radius 1 is 1.40 bits per heavy atom. The fraction of sp³-hybridized carbons (Fsp3) is 0.286. The largest absolute Gasteiger partial charge is 0.483 e. The fourth-order valence-corrected chi connectivity index (χ4v) is 1.87. The minimum Gasteiger partial charge on any atom is -0.483 e. The van der Waals surface area contributed by atoms with Crippen molar-refractivity contribution in [3.05, 3.63) is 41.2 Å². The molecule has 0 aliphatic heterocycles. The summed E-state index contributed by atoms with van der Waals surface area (Å²) in [6.45, 7) is 3.97. The van der Waals surface area contributed by atoms with Crippen molar-refractivity contribution in [1.29, 1.82) is 0 Å². The molecule has 1 amide bonds. The number of para-hydroxylation sites is 1. The molecule has 1 aromatic heterocycles. The van der Waals surface area contributed by atoms with E-state index in [1.165, 1.54) is 0 Å². The quantitative estimate of drug-likeness (QED) is 0.770. The zero-order valence-corrected chi connectivity index (χ0v) is 11.6. The number of hydrogen-bond acceptors (Lipinski definition) is 4. The van der Waals surface area contributed by atoms with Crippen LogP contribution in [0.15, 0.2) is 24.3 Å². The molecule has 2 aromatic rings. The lowest BCUT2D eigenvalue weighted by molar-refractivity contribution is -0.118. The number of H-pyrrole nitrogens is 1. The zero-order valence-electron chi connectivity index (χ0n) is 11.6. The number of aromatic nitrogens is 2. The predicted molar refractivity (Wildman–Crippen MR) is 76.5 cm³/mol. The van der Waals surface area contributed by atoms with Gasteiger partial charge in [0.25, 0.3) is 5.91 Å². The lowest BCUT2D eigenvalue weighted by Crippen LogP contribution is -2.21. The molecule has 0 atom stereocenters. The summed E-state index contributed by atoms with van der Waals surface area (Å²) in [5, 5.41) is 9.61. The van der Waals surface area contributed by atoms with Crippen LogP contribution >= 0.6 is 0 Å². The van der Waals surface area contributed by atoms with E-state index in [-0.39, 0.29) is 12.5 Å². The molecule has 0 bridgehead atoms. The number of anilines is 1. The smallest absolute Gasteiger partial charge is 0.262 e. The van der Waals surface area contributed by atoms with Crippen LogP contribution in [0.5, 0.6) is 5.75 Å². The first kappa shape index (κ1) is 14.1. The lowest BCUT2D eigenvalue weighted by atomic mass is 10.2. The third-order valence-electron chi connectivity index (χ3n) is 2.94. The van der Waals surface area contributed by atoms with Crippen LogP contribution in [0.4, 0.5) is 5.69 Å². The topological polar surface area (TPSA) is 93.0 Å². The first-order valence-corrected chi connectivity index (χ1v) is 6.34. The maximum absolute atomic E-state index is 11.9. The Morgan fingerprint density at radius 3 is 2.80 bits per heavy atom. The first-order valence-electron chi connectivity index (χ1n) is 6.34. The van der Waals surface area contributed by atoms with Gasteiger partial charge in [0.1, 0.15) is 5.75 Å². The summed E-state index contributed by atoms with van der Waals surface area (Å²) in [6.07, 6.45) is 0. The number of nitrogens with two attached hydrogens (primary N) is 1. The van der Waals surface area contributed by atoms with Crippen LogP contribution in [-0.4, -0.2) is 22.7 Å². The highest BCUT2D eigenvalue weighted by Gasteiger charge is 2.11. The van der Waals surface area contributed by atoms with E-state index in [1.807, 2.05) is 32.0 Å². The first-order chi connectivity index (χ1) is 9.61. The van der Waals surface area contributed by atoms with Crippen molar-refractivity contribution in [3.8, 4) is 5.75 Å². The summed E-state index contributed by atoms with van der Waals surface area (Å²) in [6, 6.07) is 7.39. The van der Waals surface area contributed by atoms with Gasteiger partial charge in [0.15, 0.2) is 6.61 Å². The number of hydrogen-bond donors (Lipinski definition) is 3. The average molecular weight is 274 g/mol. The van der Waals surface area contributed by atoms with E-state index >= 15 is 0 Å². The Morgan fingerprint density at radius 2 is 2.15 bits per heavy atom. The van der Waals surface area contributed by atoms with Gasteiger partial charge in [-0.1, -0.05) is 18.2 Å². The molecule has 6 heteroatoms. The van der Waals surface area contributed by atoms with E-state index in [0.29, 0.717) is 18.0 Å². The summed E-state index contributed by atoms with van der Waals surface area (Å²) in [5.74, 6) is 0.398. The van der Waals surface area contributed by atoms with E-state index < -0.39 is 0 Å². The molecule has 0 spiro atoms. The highest BCUT2D eigenvalue weighted by molar-refractivity contribution is 5.92. The summed E-state index contributed by atoms with van der Waals surface area (Å²) < 4.78 is 5.50. The SMILES string of the molecule is Cc1n[nH]c(C)c1NC(=O)COc1ccccc1CN. The van der Waals surface area contributed by atoms with Crippen LogP contribution in [-0.2, 0) is 11.3 Å². The number of aromatic amines is 1. The molecule has 0 aliphatic rings. The van der Waals surface area contributed by atoms with Crippen LogP contribution in [0.3, 0.4) is 0 Å². The van der Waals surface area contributed by atoms with E-state index in [9.17, 15) is 4.79 Å². The number of rotatable bonds is 5. The van der Waals surface area contributed by atoms with Crippen LogP contribution in [0.2, 0.25) is 0 Å². The number of ether oxygens (including phenoxy) is 1. The van der Waals surface area contributed by atoms with Crippen LogP contribution in [0.1, 0.15) is 17.0 Å². The monoisotopic (exact) mass is 274 g/mol. The summed E-state index contributed by atoms with van der Waals surface area (Å²) >= 11 is 0. The maximum atomic E-state index is 11.9. The molecule has 0 saturated heterocycles. The van der Waals surface area contributed by atoms with Crippen LogP contribution in [0.25, 0.3) is 0 Å². The van der Waals surface area contributed by atoms with Crippen molar-refractivity contribution in [3.63, 3.8) is 0 Å². The Labute approximate surface area is 117 Å². The molecule has 1 aromatic carbocycles. The summed E-state index contributed by atoms with van der Waals surface area (Å²) in [5.41, 5.74) is 8.75. The molecule has 0 fully saturated rings. The lowest BCUT2D eigenvalue weighted by Gasteiger charge is -2.10. The molecule has 20 heavy (non-hydrogen) atoms. The molecule has 0 unspecified atom stereocenters. The van der Waals surface area contributed by atoms with E-state index in [1.54, 1.807) is 6.07 Å². The number of amides is 1. The van der Waals surface area contributed by atoms with Gasteiger partial charge >= 0.3 is 0 Å². The van der Waals surface area contributed by atoms with Gasteiger partial charge in [-0.2, -0.15) is 5.10 Å². The van der Waals surface area contributed by atoms with Gasteiger partial charge in [0.2, 0.25) is 0 Å². The molecule has 6 nitrogen and oxygen atoms in total. The van der Waals surface area contributed by atoms with Crippen molar-refractivity contribution in [1.82, 2.24) is 10.2 Å². The summed E-state index contributed by atoms with van der Waals surface area (Å²) in [4.78, 5) is 11.9. The van der Waals surface area contributed by atoms with Crippen LogP contribution < -0.4 is 15.8 Å². The summed E-state index contributed by atoms with van der Waals surface area (Å²) in [7, 11) is 0. The van der Waals surface area contributed by atoms with Crippen molar-refractivity contribution < 1.29 is 9.53 Å². The van der Waals surface area contributed by atoms with Gasteiger partial charge in [0.05, 0.1) is 17.1 Å². The van der Waals surface area contributed by atoms with E-state index in [0.717, 1.165) is 17.0 Å². The standard InChI is InChI=1S/C14H18N4O2/c1-9-14(10(2)18-17-9)16-13(19)8-20-12-6-4-3-5-11(12)7-15/h3-6H,7-8,15H2,1-2H3,(H,16,19)(H,17,18). The minimum absolute atomic E-state index is 0.0684. The second-order valence-corrected chi connectivity index (χ2v) is 4.46. The number of nitrogens with one attached hydrogen (secondary N) is 2. The second kappa shape index (κ2) is 6.21. The van der Waals surface area contributed by atoms with Gasteiger partial charge < -0.3 is 15.8 Å². The number of aryl methyl sites for hydroxylation is 2. The Hall–Kier alpha value is -2.34. The number of carbonyl (C=O) groups is 1. The highest BCUT2D eigenvalue weighted by atomic mass is 16.5. The van der Waals surface area contributed by atoms with Gasteiger partial charge in [0, 0.05) is 12.1 Å². The minimum atomic E-state index is -0.232. The molecule has 4 N–H and O–H groups in total. The van der Waals surface area contributed by atoms with Crippen molar-refractivity contribution >= 4 is 11.6 Å². The molecule has 106 valence electrons. The zero-order chi connectivity index (χ0) is 14.5. The predicted octanol–water partition coefficient (Wildman–Crippen LogP) is 1.50. The van der Waals surface area contributed by atoms with Crippen molar-refractivity contribution in [2.75, 3.05) is 11.9 Å². The fourth-order valence-electron chi connectivity index (χ4n) is 1.87. The Bertz CT molecular complexity index is 587. The molecule has 1 heterocycles. The number of carbonyl (C=O) groups excluding carboxylic acids is 1. The van der Waals surface area contributed by atoms with Gasteiger partial charge in [-0.15, -0.1) is 0 Å². The van der Waals surface area contributed by atoms with E-state index in [2.05, 4.69) is 15.5 Å². The Kier molecular flexibility index (Phi) is 4.37. The normalized spacial score (nSPS) is 10.3. The molecule has 2 rings (SSSR count). The highest BCUT2D eigenvalue weighted by Crippen LogP contribution is 2.18. The van der Waals surface area contributed by atoms with Crippen molar-refractivity contribution in [2.24, 2.45) is 5.73 Å². The number of benzene rings is 1. The molecule has 0 radical (unpaired) electrons. The molecular weight excluding hydrogens is 256 g/mol. The van der Waals surface area contributed by atoms with E-state index in [4.69, 9.17) is 10.5 Å². The van der Waals surface area contributed by atoms with Crippen LogP contribution in [0, 0.1) is 13.8 Å². The third kappa shape index (κ3) is 3.16.